The van der Waals surface area contributed by atoms with Crippen LogP contribution in [0.25, 0.3) is 0 Å². The second kappa shape index (κ2) is 13.4. The Hall–Kier alpha value is -1.99. The van der Waals surface area contributed by atoms with Crippen molar-refractivity contribution < 1.29 is 32.6 Å². The molecule has 1 heterocycles. The number of nitrogens with zero attached hydrogens (tertiary/aromatic N) is 2. The summed E-state index contributed by atoms with van der Waals surface area (Å²) in [7, 11) is 1.38. The summed E-state index contributed by atoms with van der Waals surface area (Å²) in [6.07, 6.45) is 3.21. The van der Waals surface area contributed by atoms with Crippen molar-refractivity contribution in [2.75, 3.05) is 26.8 Å². The fourth-order valence-electron chi connectivity index (χ4n) is 4.40. The molecule has 0 radical (unpaired) electrons. The molecule has 1 aliphatic carbocycles. The minimum absolute atomic E-state index is 0.0461. The molecule has 2 rings (SSSR count). The molecule has 0 aromatic rings. The van der Waals surface area contributed by atoms with Gasteiger partial charge < -0.3 is 19.1 Å². The minimum atomic E-state index is -2.96. The first-order valence-corrected chi connectivity index (χ1v) is 12.3. The molecule has 8 nitrogen and oxygen atoms in total. The highest BCUT2D eigenvalue weighted by Gasteiger charge is 2.46. The third-order valence-corrected chi connectivity index (χ3v) is 6.15. The van der Waals surface area contributed by atoms with Crippen molar-refractivity contribution in [1.29, 1.82) is 5.26 Å². The highest BCUT2D eigenvalue weighted by molar-refractivity contribution is 5.79. The molecule has 0 spiro atoms. The van der Waals surface area contributed by atoms with Crippen LogP contribution in [0.2, 0.25) is 0 Å². The van der Waals surface area contributed by atoms with Gasteiger partial charge in [-0.15, -0.1) is 0 Å². The van der Waals surface area contributed by atoms with E-state index in [0.29, 0.717) is 0 Å². The Morgan fingerprint density at radius 1 is 1.11 bits per heavy atom. The number of hydrogen-bond acceptors (Lipinski definition) is 7. The number of nitrogens with one attached hydrogen (secondary N) is 1. The molecular weight excluding hydrogens is 460 g/mol. The van der Waals surface area contributed by atoms with E-state index in [1.807, 2.05) is 0 Å². The van der Waals surface area contributed by atoms with Crippen LogP contribution in [0, 0.1) is 17.2 Å². The van der Waals surface area contributed by atoms with Crippen molar-refractivity contribution in [2.24, 2.45) is 5.92 Å². The number of carbonyl (C=O) groups is 2. The van der Waals surface area contributed by atoms with E-state index in [-0.39, 0.29) is 44.1 Å². The van der Waals surface area contributed by atoms with E-state index < -0.39 is 35.6 Å². The number of rotatable bonds is 7. The molecule has 0 bridgehead atoms. The lowest BCUT2D eigenvalue weighted by Crippen LogP contribution is -2.53. The molecule has 202 valence electrons. The average molecular weight is 504 g/mol. The van der Waals surface area contributed by atoms with Crippen LogP contribution >= 0.6 is 0 Å². The lowest BCUT2D eigenvalue weighted by Gasteiger charge is -2.39. The maximum atomic E-state index is 14.6. The van der Waals surface area contributed by atoms with Crippen molar-refractivity contribution in [3.8, 4) is 6.07 Å². The van der Waals surface area contributed by atoms with Gasteiger partial charge in [-0.3, -0.25) is 10.1 Å². The highest BCUT2D eigenvalue weighted by Crippen LogP contribution is 2.36. The molecule has 2 aliphatic rings. The number of amides is 1. The number of likely N-dealkylation sites (tertiary alicyclic amines) is 1. The molecule has 35 heavy (non-hydrogen) atoms. The van der Waals surface area contributed by atoms with Crippen LogP contribution in [0.1, 0.15) is 80.1 Å². The van der Waals surface area contributed by atoms with Gasteiger partial charge >= 0.3 is 12.1 Å². The molecule has 1 unspecified atom stereocenters. The molecule has 1 saturated carbocycles. The second-order valence-electron chi connectivity index (χ2n) is 10.8. The van der Waals surface area contributed by atoms with Crippen LogP contribution in [-0.2, 0) is 19.0 Å². The first kappa shape index (κ1) is 31.0. The molecule has 10 heteroatoms. The molecule has 1 amide bonds. The number of methoxy groups -OCH3 is 1. The van der Waals surface area contributed by atoms with Crippen LogP contribution in [0.5, 0.6) is 0 Å². The summed E-state index contributed by atoms with van der Waals surface area (Å²) in [6.45, 7) is 10.1. The van der Waals surface area contributed by atoms with Gasteiger partial charge in [0, 0.05) is 32.0 Å². The molecule has 2 fully saturated rings. The summed E-state index contributed by atoms with van der Waals surface area (Å²) in [6, 6.07) is 1.95. The van der Waals surface area contributed by atoms with Gasteiger partial charge in [0.2, 0.25) is 0 Å². The van der Waals surface area contributed by atoms with Gasteiger partial charge in [-0.2, -0.15) is 5.26 Å². The topological polar surface area (TPSA) is 101 Å². The van der Waals surface area contributed by atoms with E-state index in [4.69, 9.17) is 19.5 Å². The van der Waals surface area contributed by atoms with E-state index in [2.05, 4.69) is 5.32 Å². The van der Waals surface area contributed by atoms with Gasteiger partial charge in [0.25, 0.3) is 5.92 Å². The molecule has 1 aliphatic heterocycles. The van der Waals surface area contributed by atoms with Crippen LogP contribution in [0.4, 0.5) is 13.6 Å². The van der Waals surface area contributed by atoms with Gasteiger partial charge in [-0.05, 0) is 73.1 Å². The van der Waals surface area contributed by atoms with Crippen LogP contribution < -0.4 is 5.32 Å². The van der Waals surface area contributed by atoms with Crippen molar-refractivity contribution >= 4 is 12.1 Å². The predicted octanol–water partition coefficient (Wildman–Crippen LogP) is 4.67. The quantitative estimate of drug-likeness (QED) is 0.504. The normalized spacial score (nSPS) is 24.5. The summed E-state index contributed by atoms with van der Waals surface area (Å²) in [5.41, 5.74) is -1.45. The maximum Gasteiger partial charge on any atom is 0.410 e. The molecule has 1 atom stereocenters. The third kappa shape index (κ3) is 10.7. The number of nitriles is 1. The number of esters is 1. The Bertz CT molecular complexity index is 726. The zero-order chi connectivity index (χ0) is 26.9. The van der Waals surface area contributed by atoms with Crippen LogP contribution in [-0.4, -0.2) is 73.0 Å². The van der Waals surface area contributed by atoms with Crippen LogP contribution in [0.15, 0.2) is 0 Å². The zero-order valence-corrected chi connectivity index (χ0v) is 22.3. The van der Waals surface area contributed by atoms with E-state index in [9.17, 15) is 18.4 Å². The Labute approximate surface area is 208 Å². The smallest absolute Gasteiger partial charge is 0.410 e. The number of piperidine rings is 1. The number of halogens is 2. The largest absolute Gasteiger partial charge is 0.468 e. The lowest BCUT2D eigenvalue weighted by molar-refractivity contribution is -0.147. The fourth-order valence-corrected chi connectivity index (χ4v) is 4.40. The van der Waals surface area contributed by atoms with Gasteiger partial charge in [0.1, 0.15) is 11.1 Å². The summed E-state index contributed by atoms with van der Waals surface area (Å²) in [5.74, 6) is -4.06. The Balaban J connectivity index is 0.00000194. The summed E-state index contributed by atoms with van der Waals surface area (Å²) in [5, 5.41) is 10.7. The SMILES string of the molecule is CC#N.COC(=O)C(C)(C)NC1CCC(OCCC2CCN(C(=O)OC(C)(C)C)CC2(F)F)CC1. The molecule has 0 aromatic carbocycles. The Morgan fingerprint density at radius 2 is 1.69 bits per heavy atom. The standard InChI is InChI=1S/C23H40F2N2O5.C2H3N/c1-21(2,3)32-20(29)27-13-11-16(23(24,25)15-27)12-14-31-18-9-7-17(8-10-18)26-22(4,5)19(28)30-6;1-2-3/h16-18,26H,7-15H2,1-6H3;1H3. The summed E-state index contributed by atoms with van der Waals surface area (Å²) < 4.78 is 45.2. The second-order valence-corrected chi connectivity index (χ2v) is 10.8. The zero-order valence-electron chi connectivity index (χ0n) is 22.3. The van der Waals surface area contributed by atoms with E-state index in [1.54, 1.807) is 40.7 Å². The van der Waals surface area contributed by atoms with Crippen molar-refractivity contribution in [3.05, 3.63) is 0 Å². The number of alkyl halides is 2. The first-order chi connectivity index (χ1) is 16.1. The third-order valence-electron chi connectivity index (χ3n) is 6.15. The Kier molecular flexibility index (Phi) is 11.8. The average Bonchev–Trinajstić information content (AvgIpc) is 2.74. The van der Waals surface area contributed by atoms with E-state index >= 15 is 0 Å². The maximum absolute atomic E-state index is 14.6. The highest BCUT2D eigenvalue weighted by atomic mass is 19.3. The van der Waals surface area contributed by atoms with Crippen molar-refractivity contribution in [3.63, 3.8) is 0 Å². The van der Waals surface area contributed by atoms with Gasteiger partial charge in [0.15, 0.2) is 0 Å². The summed E-state index contributed by atoms with van der Waals surface area (Å²) >= 11 is 0. The van der Waals surface area contributed by atoms with Gasteiger partial charge in [-0.25, -0.2) is 13.6 Å². The molecule has 0 aromatic heterocycles. The molecular formula is C25H43F2N3O5. The number of ether oxygens (including phenoxy) is 3. The molecule has 1 saturated heterocycles. The fraction of sp³-hybridized carbons (Fsp3) is 0.880. The van der Waals surface area contributed by atoms with Gasteiger partial charge in [-0.1, -0.05) is 0 Å². The van der Waals surface area contributed by atoms with Crippen molar-refractivity contribution in [2.45, 2.75) is 109 Å². The first-order valence-electron chi connectivity index (χ1n) is 12.3. The number of hydrogen-bond donors (Lipinski definition) is 1. The Morgan fingerprint density at radius 3 is 2.17 bits per heavy atom. The monoisotopic (exact) mass is 503 g/mol. The number of carbonyl (C=O) groups excluding carboxylic acids is 2. The predicted molar refractivity (Wildman–Crippen MR) is 128 cm³/mol. The van der Waals surface area contributed by atoms with Gasteiger partial charge in [0.05, 0.1) is 25.8 Å². The molecule has 1 N–H and O–H groups in total. The van der Waals surface area contributed by atoms with E-state index in [0.717, 1.165) is 30.6 Å². The van der Waals surface area contributed by atoms with Crippen LogP contribution in [0.3, 0.4) is 0 Å². The van der Waals surface area contributed by atoms with E-state index in [1.165, 1.54) is 14.0 Å². The summed E-state index contributed by atoms with van der Waals surface area (Å²) in [4.78, 5) is 25.1. The minimum Gasteiger partial charge on any atom is -0.468 e. The lowest BCUT2D eigenvalue weighted by atomic mass is 9.89. The van der Waals surface area contributed by atoms with Crippen molar-refractivity contribution in [1.82, 2.24) is 10.2 Å².